The van der Waals surface area contributed by atoms with Crippen LogP contribution in [0.15, 0.2) is 48.8 Å². The van der Waals surface area contributed by atoms with Gasteiger partial charge in [0.1, 0.15) is 29.3 Å². The van der Waals surface area contributed by atoms with Gasteiger partial charge in [-0.3, -0.25) is 9.78 Å². The lowest BCUT2D eigenvalue weighted by molar-refractivity contribution is -0.157. The molecule has 10 heteroatoms. The van der Waals surface area contributed by atoms with Gasteiger partial charge in [-0.25, -0.2) is 4.98 Å². The van der Waals surface area contributed by atoms with Crippen LogP contribution < -0.4 is 4.74 Å². The van der Waals surface area contributed by atoms with Gasteiger partial charge in [-0.2, -0.15) is 13.2 Å². The Balaban J connectivity index is 1.43. The first-order valence-corrected chi connectivity index (χ1v) is 9.90. The molecule has 0 radical (unpaired) electrons. The molecule has 0 spiro atoms. The summed E-state index contributed by atoms with van der Waals surface area (Å²) in [5.41, 5.74) is -0.0449. The van der Waals surface area contributed by atoms with Gasteiger partial charge in [0, 0.05) is 30.5 Å². The van der Waals surface area contributed by atoms with Gasteiger partial charge in [0.2, 0.25) is 0 Å². The standard InChI is InChI=1S/C22H20F3N3O4/c23-22(24,25)18-12-27-19(28-18)15-3-6-17(26-11-15)14-1-4-16(5-2-14)32-13-21(20(29)30)7-9-31-10-8-21/h1-6,11-12H,7-10,13H2,(H,27,28)(H,29,30). The number of aromatic nitrogens is 3. The molecule has 1 aromatic carbocycles. The molecule has 1 fully saturated rings. The quantitative estimate of drug-likeness (QED) is 0.581. The molecule has 0 bridgehead atoms. The molecular formula is C22H20F3N3O4. The molecule has 1 saturated heterocycles. The number of aromatic amines is 1. The van der Waals surface area contributed by atoms with Crippen LogP contribution in [0, 0.1) is 5.41 Å². The zero-order valence-corrected chi connectivity index (χ0v) is 16.9. The summed E-state index contributed by atoms with van der Waals surface area (Å²) in [5, 5.41) is 9.60. The molecule has 1 aliphatic heterocycles. The molecule has 168 valence electrons. The number of nitrogens with one attached hydrogen (secondary N) is 1. The second kappa shape index (κ2) is 8.62. The summed E-state index contributed by atoms with van der Waals surface area (Å²) in [4.78, 5) is 22.0. The number of ether oxygens (including phenoxy) is 2. The highest BCUT2D eigenvalue weighted by Gasteiger charge is 2.41. The fraction of sp³-hybridized carbons (Fsp3) is 0.318. The third-order valence-electron chi connectivity index (χ3n) is 5.49. The number of rotatable bonds is 6. The lowest BCUT2D eigenvalue weighted by atomic mass is 9.81. The monoisotopic (exact) mass is 447 g/mol. The Bertz CT molecular complexity index is 1070. The van der Waals surface area contributed by atoms with Crippen molar-refractivity contribution in [2.24, 2.45) is 5.41 Å². The van der Waals surface area contributed by atoms with Gasteiger partial charge in [-0.05, 0) is 49.2 Å². The third kappa shape index (κ3) is 4.59. The molecule has 7 nitrogen and oxygen atoms in total. The van der Waals surface area contributed by atoms with E-state index in [9.17, 15) is 23.1 Å². The van der Waals surface area contributed by atoms with E-state index in [0.29, 0.717) is 43.1 Å². The molecule has 0 aliphatic carbocycles. The minimum absolute atomic E-state index is 0.0566. The van der Waals surface area contributed by atoms with Crippen molar-refractivity contribution in [2.75, 3.05) is 19.8 Å². The number of imidazole rings is 1. The molecule has 0 saturated carbocycles. The molecule has 1 aliphatic rings. The molecule has 0 atom stereocenters. The molecule has 2 N–H and O–H groups in total. The number of nitrogens with zero attached hydrogens (tertiary/aromatic N) is 2. The van der Waals surface area contributed by atoms with Gasteiger partial charge in [0.25, 0.3) is 0 Å². The maximum Gasteiger partial charge on any atom is 0.432 e. The number of carbonyl (C=O) groups is 1. The lowest BCUT2D eigenvalue weighted by Crippen LogP contribution is -2.42. The Labute approximate surface area is 181 Å². The summed E-state index contributed by atoms with van der Waals surface area (Å²) in [6, 6.07) is 10.3. The minimum Gasteiger partial charge on any atom is -0.492 e. The van der Waals surface area contributed by atoms with Crippen molar-refractivity contribution in [3.05, 3.63) is 54.5 Å². The Morgan fingerprint density at radius 1 is 1.06 bits per heavy atom. The minimum atomic E-state index is -4.49. The number of benzene rings is 1. The first-order valence-electron chi connectivity index (χ1n) is 9.90. The molecule has 0 unspecified atom stereocenters. The van der Waals surface area contributed by atoms with Crippen LogP contribution in [0.3, 0.4) is 0 Å². The summed E-state index contributed by atoms with van der Waals surface area (Å²) in [7, 11) is 0. The molecule has 3 aromatic rings. The number of H-pyrrole nitrogens is 1. The highest BCUT2D eigenvalue weighted by molar-refractivity contribution is 5.75. The summed E-state index contributed by atoms with van der Waals surface area (Å²) in [6.45, 7) is 0.846. The van der Waals surface area contributed by atoms with E-state index in [1.807, 2.05) is 0 Å². The van der Waals surface area contributed by atoms with Crippen LogP contribution in [-0.4, -0.2) is 45.8 Å². The second-order valence-corrected chi connectivity index (χ2v) is 7.59. The first-order chi connectivity index (χ1) is 15.3. The van der Waals surface area contributed by atoms with Gasteiger partial charge in [-0.15, -0.1) is 0 Å². The highest BCUT2D eigenvalue weighted by atomic mass is 19.4. The van der Waals surface area contributed by atoms with Crippen molar-refractivity contribution in [1.82, 2.24) is 15.0 Å². The van der Waals surface area contributed by atoms with Crippen LogP contribution in [0.2, 0.25) is 0 Å². The average molecular weight is 447 g/mol. The summed E-state index contributed by atoms with van der Waals surface area (Å²) in [5.74, 6) is -0.269. The van der Waals surface area contributed by atoms with E-state index in [1.54, 1.807) is 36.4 Å². The van der Waals surface area contributed by atoms with Crippen molar-refractivity contribution in [3.8, 4) is 28.4 Å². The number of carboxylic acids is 1. The van der Waals surface area contributed by atoms with E-state index in [0.717, 1.165) is 11.8 Å². The summed E-state index contributed by atoms with van der Waals surface area (Å²) < 4.78 is 49.2. The van der Waals surface area contributed by atoms with E-state index >= 15 is 0 Å². The van der Waals surface area contributed by atoms with Crippen LogP contribution in [-0.2, 0) is 15.7 Å². The predicted molar refractivity (Wildman–Crippen MR) is 108 cm³/mol. The Morgan fingerprint density at radius 3 is 2.31 bits per heavy atom. The Kier molecular flexibility index (Phi) is 5.88. The number of carboxylic acid groups (broad SMARTS) is 1. The largest absolute Gasteiger partial charge is 0.492 e. The van der Waals surface area contributed by atoms with E-state index in [2.05, 4.69) is 15.0 Å². The molecule has 4 rings (SSSR count). The van der Waals surface area contributed by atoms with Crippen LogP contribution >= 0.6 is 0 Å². The fourth-order valence-corrected chi connectivity index (χ4v) is 3.44. The Morgan fingerprint density at radius 2 is 1.75 bits per heavy atom. The summed E-state index contributed by atoms with van der Waals surface area (Å²) >= 11 is 0. The van der Waals surface area contributed by atoms with Crippen molar-refractivity contribution < 1.29 is 32.5 Å². The topological polar surface area (TPSA) is 97.3 Å². The highest BCUT2D eigenvalue weighted by Crippen LogP contribution is 2.33. The normalized spacial score (nSPS) is 16.0. The van der Waals surface area contributed by atoms with Crippen LogP contribution in [0.5, 0.6) is 5.75 Å². The van der Waals surface area contributed by atoms with Crippen molar-refractivity contribution in [1.29, 1.82) is 0 Å². The van der Waals surface area contributed by atoms with E-state index in [4.69, 9.17) is 9.47 Å². The number of hydrogen-bond acceptors (Lipinski definition) is 5. The maximum absolute atomic E-state index is 12.7. The van der Waals surface area contributed by atoms with E-state index in [-0.39, 0.29) is 12.4 Å². The number of hydrogen-bond donors (Lipinski definition) is 2. The van der Waals surface area contributed by atoms with Gasteiger partial charge in [0.15, 0.2) is 0 Å². The molecule has 3 heterocycles. The van der Waals surface area contributed by atoms with Crippen molar-refractivity contribution in [3.63, 3.8) is 0 Å². The van der Waals surface area contributed by atoms with Gasteiger partial charge in [0.05, 0.1) is 11.9 Å². The molecular weight excluding hydrogens is 427 g/mol. The smallest absolute Gasteiger partial charge is 0.432 e. The van der Waals surface area contributed by atoms with Crippen molar-refractivity contribution in [2.45, 2.75) is 19.0 Å². The number of halogens is 3. The maximum atomic E-state index is 12.7. The fourth-order valence-electron chi connectivity index (χ4n) is 3.44. The third-order valence-corrected chi connectivity index (χ3v) is 5.49. The van der Waals surface area contributed by atoms with Crippen LogP contribution in [0.1, 0.15) is 18.5 Å². The predicted octanol–water partition coefficient (Wildman–Crippen LogP) is 4.42. The zero-order valence-electron chi connectivity index (χ0n) is 16.9. The van der Waals surface area contributed by atoms with E-state index < -0.39 is 23.3 Å². The van der Waals surface area contributed by atoms with Crippen LogP contribution in [0.4, 0.5) is 13.2 Å². The number of aliphatic carboxylic acids is 1. The average Bonchev–Trinajstić information content (AvgIpc) is 3.30. The lowest BCUT2D eigenvalue weighted by Gasteiger charge is -2.32. The number of pyridine rings is 1. The molecule has 2 aromatic heterocycles. The summed E-state index contributed by atoms with van der Waals surface area (Å²) in [6.07, 6.45) is -1.50. The zero-order chi connectivity index (χ0) is 22.8. The van der Waals surface area contributed by atoms with E-state index in [1.165, 1.54) is 6.20 Å². The van der Waals surface area contributed by atoms with Gasteiger partial charge in [-0.1, -0.05) is 0 Å². The number of alkyl halides is 3. The molecule has 32 heavy (non-hydrogen) atoms. The Hall–Kier alpha value is -3.40. The van der Waals surface area contributed by atoms with Gasteiger partial charge < -0.3 is 19.6 Å². The van der Waals surface area contributed by atoms with Gasteiger partial charge >= 0.3 is 12.1 Å². The van der Waals surface area contributed by atoms with Crippen LogP contribution in [0.25, 0.3) is 22.6 Å². The van der Waals surface area contributed by atoms with Crippen molar-refractivity contribution >= 4 is 5.97 Å². The molecule has 0 amide bonds. The first kappa shape index (κ1) is 21.8. The second-order valence-electron chi connectivity index (χ2n) is 7.59. The SMILES string of the molecule is O=C(O)C1(COc2ccc(-c3ccc(-c4ncc(C(F)(F)F)[nH]4)cn3)cc2)CCOCC1.